The van der Waals surface area contributed by atoms with E-state index in [1.165, 1.54) is 10.6 Å². The van der Waals surface area contributed by atoms with E-state index in [0.717, 1.165) is 18.7 Å². The molecule has 0 N–H and O–H groups in total. The number of imidazole rings is 1. The summed E-state index contributed by atoms with van der Waals surface area (Å²) in [5.41, 5.74) is 0.674. The van der Waals surface area contributed by atoms with Crippen LogP contribution in [0.4, 0.5) is 4.39 Å². The Hall–Kier alpha value is -2.54. The standard InChI is InChI=1S/C18H19FN4O2/c1-12-21-23-16(10-20-17(23)13-6-8-25-9-7-13)18(24)22(12)11-14-4-2-3-5-15(14)19/h2-5,10,13H,6-9,11H2,1H3. The number of aryl methyl sites for hydroxylation is 1. The Labute approximate surface area is 143 Å². The lowest BCUT2D eigenvalue weighted by atomic mass is 10.00. The predicted octanol–water partition coefficient (Wildman–Crippen LogP) is 2.28. The predicted molar refractivity (Wildman–Crippen MR) is 90.3 cm³/mol. The van der Waals surface area contributed by atoms with Gasteiger partial charge in [0.2, 0.25) is 0 Å². The monoisotopic (exact) mass is 342 g/mol. The van der Waals surface area contributed by atoms with Crippen LogP contribution in [-0.4, -0.2) is 32.4 Å². The number of rotatable bonds is 3. The van der Waals surface area contributed by atoms with E-state index in [1.807, 2.05) is 0 Å². The number of nitrogens with zero attached hydrogens (tertiary/aromatic N) is 4. The number of halogens is 1. The van der Waals surface area contributed by atoms with Gasteiger partial charge in [-0.25, -0.2) is 13.9 Å². The van der Waals surface area contributed by atoms with Crippen LogP contribution in [0, 0.1) is 12.7 Å². The van der Waals surface area contributed by atoms with Crippen LogP contribution in [0.2, 0.25) is 0 Å². The molecule has 130 valence electrons. The van der Waals surface area contributed by atoms with E-state index < -0.39 is 0 Å². The van der Waals surface area contributed by atoms with Crippen molar-refractivity contribution in [2.45, 2.75) is 32.2 Å². The lowest BCUT2D eigenvalue weighted by Gasteiger charge is -2.20. The van der Waals surface area contributed by atoms with E-state index in [2.05, 4.69) is 10.1 Å². The molecule has 0 spiro atoms. The first kappa shape index (κ1) is 16.0. The number of hydrogen-bond donors (Lipinski definition) is 0. The zero-order chi connectivity index (χ0) is 17.4. The molecule has 25 heavy (non-hydrogen) atoms. The molecule has 0 amide bonds. The topological polar surface area (TPSA) is 61.4 Å². The number of hydrogen-bond acceptors (Lipinski definition) is 4. The van der Waals surface area contributed by atoms with Gasteiger partial charge in [-0.3, -0.25) is 9.36 Å². The maximum Gasteiger partial charge on any atom is 0.279 e. The molecule has 0 unspecified atom stereocenters. The molecular formula is C18H19FN4O2. The molecule has 0 saturated carbocycles. The van der Waals surface area contributed by atoms with Crippen molar-refractivity contribution in [2.24, 2.45) is 0 Å². The summed E-state index contributed by atoms with van der Waals surface area (Å²) in [5.74, 6) is 1.25. The van der Waals surface area contributed by atoms with Gasteiger partial charge in [-0.15, -0.1) is 0 Å². The van der Waals surface area contributed by atoms with E-state index in [1.54, 1.807) is 35.8 Å². The van der Waals surface area contributed by atoms with Crippen molar-refractivity contribution in [1.29, 1.82) is 0 Å². The highest BCUT2D eigenvalue weighted by Gasteiger charge is 2.23. The number of benzene rings is 1. The Morgan fingerprint density at radius 3 is 2.80 bits per heavy atom. The van der Waals surface area contributed by atoms with Crippen molar-refractivity contribution in [3.8, 4) is 0 Å². The summed E-state index contributed by atoms with van der Waals surface area (Å²) in [6, 6.07) is 6.46. The third kappa shape index (κ3) is 2.84. The Balaban J connectivity index is 1.78. The minimum absolute atomic E-state index is 0.151. The van der Waals surface area contributed by atoms with Gasteiger partial charge in [-0.2, -0.15) is 5.10 Å². The van der Waals surface area contributed by atoms with E-state index in [4.69, 9.17) is 4.74 Å². The van der Waals surface area contributed by atoms with Crippen LogP contribution in [0.15, 0.2) is 35.3 Å². The lowest BCUT2D eigenvalue weighted by molar-refractivity contribution is 0.0832. The average Bonchev–Trinajstić information content (AvgIpc) is 3.04. The van der Waals surface area contributed by atoms with Gasteiger partial charge in [0.25, 0.3) is 5.56 Å². The van der Waals surface area contributed by atoms with Crippen LogP contribution >= 0.6 is 0 Å². The highest BCUT2D eigenvalue weighted by atomic mass is 19.1. The molecule has 0 atom stereocenters. The van der Waals surface area contributed by atoms with Crippen LogP contribution in [0.1, 0.15) is 36.0 Å². The number of ether oxygens (including phenoxy) is 1. The van der Waals surface area contributed by atoms with Crippen LogP contribution in [-0.2, 0) is 11.3 Å². The van der Waals surface area contributed by atoms with Gasteiger partial charge in [-0.05, 0) is 25.8 Å². The highest BCUT2D eigenvalue weighted by Crippen LogP contribution is 2.25. The minimum atomic E-state index is -0.329. The van der Waals surface area contributed by atoms with E-state index in [0.29, 0.717) is 30.1 Å². The fourth-order valence-corrected chi connectivity index (χ4v) is 3.31. The molecule has 1 aliphatic rings. The molecule has 2 aromatic heterocycles. The Bertz CT molecular complexity index is 973. The first-order valence-electron chi connectivity index (χ1n) is 8.41. The van der Waals surface area contributed by atoms with Gasteiger partial charge in [0.05, 0.1) is 12.7 Å². The van der Waals surface area contributed by atoms with Crippen molar-refractivity contribution < 1.29 is 9.13 Å². The molecule has 7 heteroatoms. The summed E-state index contributed by atoms with van der Waals surface area (Å²) in [6.07, 6.45) is 3.31. The van der Waals surface area contributed by atoms with Crippen molar-refractivity contribution in [3.05, 3.63) is 63.8 Å². The first-order chi connectivity index (χ1) is 12.1. The summed E-state index contributed by atoms with van der Waals surface area (Å²) < 4.78 is 22.5. The molecule has 3 heterocycles. The normalized spacial score (nSPS) is 15.8. The second kappa shape index (κ2) is 6.40. The Kier molecular flexibility index (Phi) is 4.09. The first-order valence-corrected chi connectivity index (χ1v) is 8.41. The largest absolute Gasteiger partial charge is 0.381 e. The quantitative estimate of drug-likeness (QED) is 0.733. The average molecular weight is 342 g/mol. The highest BCUT2D eigenvalue weighted by molar-refractivity contribution is 5.43. The van der Waals surface area contributed by atoms with Gasteiger partial charge in [0, 0.05) is 24.7 Å². The van der Waals surface area contributed by atoms with Crippen LogP contribution in [0.25, 0.3) is 5.52 Å². The Morgan fingerprint density at radius 1 is 1.28 bits per heavy atom. The summed E-state index contributed by atoms with van der Waals surface area (Å²) in [7, 11) is 0. The summed E-state index contributed by atoms with van der Waals surface area (Å²) >= 11 is 0. The second-order valence-electron chi connectivity index (χ2n) is 6.33. The Morgan fingerprint density at radius 2 is 2.04 bits per heavy atom. The smallest absolute Gasteiger partial charge is 0.279 e. The lowest BCUT2D eigenvalue weighted by Crippen LogP contribution is -2.28. The van der Waals surface area contributed by atoms with E-state index in [-0.39, 0.29) is 23.8 Å². The van der Waals surface area contributed by atoms with Gasteiger partial charge < -0.3 is 4.74 Å². The molecule has 1 aliphatic heterocycles. The summed E-state index contributed by atoms with van der Waals surface area (Å²) in [5, 5.41) is 4.55. The summed E-state index contributed by atoms with van der Waals surface area (Å²) in [4.78, 5) is 17.3. The molecule has 6 nitrogen and oxygen atoms in total. The minimum Gasteiger partial charge on any atom is -0.381 e. The molecule has 3 aromatic rings. The number of aromatic nitrogens is 4. The van der Waals surface area contributed by atoms with Crippen LogP contribution < -0.4 is 5.56 Å². The fourth-order valence-electron chi connectivity index (χ4n) is 3.31. The van der Waals surface area contributed by atoms with E-state index in [9.17, 15) is 9.18 Å². The number of fused-ring (bicyclic) bond motifs is 1. The molecular weight excluding hydrogens is 323 g/mol. The zero-order valence-electron chi connectivity index (χ0n) is 14.0. The zero-order valence-corrected chi connectivity index (χ0v) is 14.0. The fraction of sp³-hybridized carbons (Fsp3) is 0.389. The maximum atomic E-state index is 13.9. The van der Waals surface area contributed by atoms with Crippen LogP contribution in [0.3, 0.4) is 0 Å². The molecule has 1 aromatic carbocycles. The third-order valence-corrected chi connectivity index (χ3v) is 4.74. The van der Waals surface area contributed by atoms with Crippen molar-refractivity contribution in [2.75, 3.05) is 13.2 Å². The van der Waals surface area contributed by atoms with Crippen molar-refractivity contribution in [1.82, 2.24) is 19.2 Å². The van der Waals surface area contributed by atoms with Gasteiger partial charge in [0.1, 0.15) is 17.5 Å². The molecule has 0 aliphatic carbocycles. The van der Waals surface area contributed by atoms with Crippen LogP contribution in [0.5, 0.6) is 0 Å². The summed E-state index contributed by atoms with van der Waals surface area (Å²) in [6.45, 7) is 3.31. The van der Waals surface area contributed by atoms with Crippen molar-refractivity contribution in [3.63, 3.8) is 0 Å². The molecule has 1 fully saturated rings. The van der Waals surface area contributed by atoms with Gasteiger partial charge >= 0.3 is 0 Å². The second-order valence-corrected chi connectivity index (χ2v) is 6.33. The van der Waals surface area contributed by atoms with Gasteiger partial charge in [-0.1, -0.05) is 18.2 Å². The van der Waals surface area contributed by atoms with Gasteiger partial charge in [0.15, 0.2) is 5.52 Å². The molecule has 0 radical (unpaired) electrons. The van der Waals surface area contributed by atoms with Crippen molar-refractivity contribution >= 4 is 5.52 Å². The molecule has 4 rings (SSSR count). The SMILES string of the molecule is Cc1nn2c(C3CCOCC3)ncc2c(=O)n1Cc1ccccc1F. The molecule has 0 bridgehead atoms. The van der Waals surface area contributed by atoms with E-state index >= 15 is 0 Å². The molecule has 1 saturated heterocycles. The third-order valence-electron chi connectivity index (χ3n) is 4.74. The maximum absolute atomic E-state index is 13.9.